The second-order valence-electron chi connectivity index (χ2n) is 3.71. The maximum atomic E-state index is 11.3. The Morgan fingerprint density at radius 1 is 1.60 bits per heavy atom. The Morgan fingerprint density at radius 3 is 2.80 bits per heavy atom. The predicted molar refractivity (Wildman–Crippen MR) is 54.9 cm³/mol. The molecule has 2 N–H and O–H groups in total. The van der Waals surface area contributed by atoms with Gasteiger partial charge in [0.15, 0.2) is 0 Å². The smallest absolute Gasteiger partial charge is 0.235 e. The number of hydrogen-bond acceptors (Lipinski definition) is 4. The predicted octanol–water partition coefficient (Wildman–Crippen LogP) is -0.527. The molecule has 0 heterocycles. The first-order valence-electron chi connectivity index (χ1n) is 5.26. The van der Waals surface area contributed by atoms with Gasteiger partial charge in [-0.25, -0.2) is 0 Å². The van der Waals surface area contributed by atoms with E-state index in [9.17, 15) is 4.79 Å². The lowest BCUT2D eigenvalue weighted by Gasteiger charge is -2.36. The van der Waals surface area contributed by atoms with E-state index in [1.807, 2.05) is 11.0 Å². The third kappa shape index (κ3) is 3.86. The molecule has 0 bridgehead atoms. The molecule has 0 aliphatic heterocycles. The van der Waals surface area contributed by atoms with E-state index in [2.05, 4.69) is 5.32 Å². The zero-order valence-corrected chi connectivity index (χ0v) is 8.78. The Labute approximate surface area is 89.7 Å². The van der Waals surface area contributed by atoms with E-state index in [0.717, 1.165) is 12.8 Å². The lowest BCUT2D eigenvalue weighted by molar-refractivity contribution is -0.123. The third-order valence-electron chi connectivity index (χ3n) is 2.69. The molecule has 0 aromatic rings. The van der Waals surface area contributed by atoms with Gasteiger partial charge in [-0.15, -0.1) is 0 Å². The summed E-state index contributed by atoms with van der Waals surface area (Å²) in [6.07, 6.45) is 3.41. The first-order valence-corrected chi connectivity index (χ1v) is 5.26. The molecule has 0 spiro atoms. The van der Waals surface area contributed by atoms with Gasteiger partial charge in [-0.1, -0.05) is 6.42 Å². The van der Waals surface area contributed by atoms with Gasteiger partial charge in [0.2, 0.25) is 5.91 Å². The molecule has 0 unspecified atom stereocenters. The van der Waals surface area contributed by atoms with Gasteiger partial charge in [-0.2, -0.15) is 5.26 Å². The van der Waals surface area contributed by atoms with Gasteiger partial charge in [0.05, 0.1) is 19.2 Å². The molecular weight excluding hydrogens is 194 g/mol. The monoisotopic (exact) mass is 211 g/mol. The van der Waals surface area contributed by atoms with Crippen molar-refractivity contribution in [3.63, 3.8) is 0 Å². The van der Waals surface area contributed by atoms with E-state index in [0.29, 0.717) is 12.6 Å². The summed E-state index contributed by atoms with van der Waals surface area (Å²) >= 11 is 0. The van der Waals surface area contributed by atoms with Crippen molar-refractivity contribution in [2.45, 2.75) is 25.3 Å². The lowest BCUT2D eigenvalue weighted by atomic mass is 9.91. The van der Waals surface area contributed by atoms with Crippen LogP contribution in [0.3, 0.4) is 0 Å². The summed E-state index contributed by atoms with van der Waals surface area (Å²) in [5, 5.41) is 19.7. The van der Waals surface area contributed by atoms with Crippen molar-refractivity contribution >= 4 is 5.91 Å². The number of aliphatic hydroxyl groups excluding tert-OH is 1. The number of amides is 1. The molecule has 0 aromatic carbocycles. The summed E-state index contributed by atoms with van der Waals surface area (Å²) in [5.74, 6) is -0.142. The quantitative estimate of drug-likeness (QED) is 0.579. The van der Waals surface area contributed by atoms with Gasteiger partial charge in [0.25, 0.3) is 0 Å². The molecule has 1 fully saturated rings. The number of rotatable bonds is 6. The highest BCUT2D eigenvalue weighted by molar-refractivity contribution is 5.78. The van der Waals surface area contributed by atoms with Crippen LogP contribution in [0, 0.1) is 11.3 Å². The number of nitrogens with zero attached hydrogens (tertiary/aromatic N) is 2. The number of hydrogen-bond donors (Lipinski definition) is 2. The van der Waals surface area contributed by atoms with Crippen molar-refractivity contribution < 1.29 is 9.90 Å². The number of carbonyl (C=O) groups excluding carboxylic acids is 1. The summed E-state index contributed by atoms with van der Waals surface area (Å²) in [7, 11) is 0. The molecule has 84 valence electrons. The van der Waals surface area contributed by atoms with E-state index in [4.69, 9.17) is 10.4 Å². The topological polar surface area (TPSA) is 76.4 Å². The highest BCUT2D eigenvalue weighted by atomic mass is 16.3. The highest BCUT2D eigenvalue weighted by Gasteiger charge is 2.25. The minimum absolute atomic E-state index is 0.0520. The average molecular weight is 211 g/mol. The molecule has 0 saturated heterocycles. The molecule has 0 radical (unpaired) electrons. The van der Waals surface area contributed by atoms with Crippen LogP contribution in [-0.2, 0) is 4.79 Å². The summed E-state index contributed by atoms with van der Waals surface area (Å²) in [4.78, 5) is 13.3. The molecule has 1 saturated carbocycles. The Hall–Kier alpha value is -1.12. The molecule has 0 aromatic heterocycles. The summed E-state index contributed by atoms with van der Waals surface area (Å²) < 4.78 is 0. The van der Waals surface area contributed by atoms with E-state index in [-0.39, 0.29) is 25.6 Å². The van der Waals surface area contributed by atoms with Crippen LogP contribution < -0.4 is 5.32 Å². The van der Waals surface area contributed by atoms with E-state index in [1.165, 1.54) is 6.42 Å². The van der Waals surface area contributed by atoms with Gasteiger partial charge in [0.1, 0.15) is 6.54 Å². The second kappa shape index (κ2) is 6.38. The minimum atomic E-state index is -0.142. The van der Waals surface area contributed by atoms with Crippen molar-refractivity contribution in [2.24, 2.45) is 0 Å². The first-order chi connectivity index (χ1) is 7.27. The zero-order chi connectivity index (χ0) is 11.1. The highest BCUT2D eigenvalue weighted by Crippen LogP contribution is 2.24. The lowest BCUT2D eigenvalue weighted by Crippen LogP contribution is -2.47. The average Bonchev–Trinajstić information content (AvgIpc) is 2.12. The van der Waals surface area contributed by atoms with E-state index >= 15 is 0 Å². The number of nitrogens with one attached hydrogen (secondary N) is 1. The third-order valence-corrected chi connectivity index (χ3v) is 2.69. The van der Waals surface area contributed by atoms with Crippen molar-refractivity contribution in [3.05, 3.63) is 0 Å². The first kappa shape index (κ1) is 12.0. The largest absolute Gasteiger partial charge is 0.395 e. The molecule has 5 nitrogen and oxygen atoms in total. The Morgan fingerprint density at radius 2 is 2.33 bits per heavy atom. The Bertz CT molecular complexity index is 246. The van der Waals surface area contributed by atoms with Crippen molar-refractivity contribution in [3.8, 4) is 6.07 Å². The maximum absolute atomic E-state index is 11.3. The van der Waals surface area contributed by atoms with Crippen LogP contribution in [0.5, 0.6) is 0 Å². The normalized spacial score (nSPS) is 15.8. The number of carbonyl (C=O) groups is 1. The molecule has 5 heteroatoms. The molecule has 0 atom stereocenters. The van der Waals surface area contributed by atoms with Gasteiger partial charge < -0.3 is 10.4 Å². The second-order valence-corrected chi connectivity index (χ2v) is 3.71. The van der Waals surface area contributed by atoms with Crippen molar-refractivity contribution in [1.82, 2.24) is 10.2 Å². The molecule has 1 aliphatic carbocycles. The van der Waals surface area contributed by atoms with Gasteiger partial charge in [0, 0.05) is 12.6 Å². The minimum Gasteiger partial charge on any atom is -0.395 e. The van der Waals surface area contributed by atoms with Crippen molar-refractivity contribution in [1.29, 1.82) is 5.26 Å². The van der Waals surface area contributed by atoms with Gasteiger partial charge in [-0.3, -0.25) is 9.69 Å². The summed E-state index contributed by atoms with van der Waals surface area (Å²) in [5.41, 5.74) is 0. The number of nitriles is 1. The maximum Gasteiger partial charge on any atom is 0.235 e. The molecule has 1 aliphatic rings. The summed E-state index contributed by atoms with van der Waals surface area (Å²) in [6, 6.07) is 2.30. The summed E-state index contributed by atoms with van der Waals surface area (Å²) in [6.45, 7) is 0.941. The zero-order valence-electron chi connectivity index (χ0n) is 8.78. The van der Waals surface area contributed by atoms with Crippen LogP contribution in [0.15, 0.2) is 0 Å². The van der Waals surface area contributed by atoms with E-state index in [1.54, 1.807) is 0 Å². The van der Waals surface area contributed by atoms with Crippen LogP contribution in [0.25, 0.3) is 0 Å². The van der Waals surface area contributed by atoms with Crippen LogP contribution >= 0.6 is 0 Å². The SMILES string of the molecule is N#CCNC(=O)CN(CCO)C1CCC1. The van der Waals surface area contributed by atoms with Crippen LogP contribution in [0.1, 0.15) is 19.3 Å². The van der Waals surface area contributed by atoms with Crippen LogP contribution in [-0.4, -0.2) is 48.2 Å². The van der Waals surface area contributed by atoms with E-state index < -0.39 is 0 Å². The van der Waals surface area contributed by atoms with Crippen LogP contribution in [0.2, 0.25) is 0 Å². The van der Waals surface area contributed by atoms with Crippen molar-refractivity contribution in [2.75, 3.05) is 26.2 Å². The Balaban J connectivity index is 2.29. The number of aliphatic hydroxyl groups is 1. The van der Waals surface area contributed by atoms with Crippen LogP contribution in [0.4, 0.5) is 0 Å². The van der Waals surface area contributed by atoms with Gasteiger partial charge in [-0.05, 0) is 12.8 Å². The van der Waals surface area contributed by atoms with Gasteiger partial charge >= 0.3 is 0 Å². The standard InChI is InChI=1S/C10H17N3O2/c11-4-5-12-10(15)8-13(6-7-14)9-2-1-3-9/h9,14H,1-3,5-8H2,(H,12,15). The molecule has 1 rings (SSSR count). The molecule has 15 heavy (non-hydrogen) atoms. The Kier molecular flexibility index (Phi) is 5.08. The fourth-order valence-corrected chi connectivity index (χ4v) is 1.65. The fourth-order valence-electron chi connectivity index (χ4n) is 1.65. The fraction of sp³-hybridized carbons (Fsp3) is 0.800. The molecular formula is C10H17N3O2. The molecule has 1 amide bonds.